The van der Waals surface area contributed by atoms with Crippen LogP contribution in [0, 0.1) is 19.3 Å². The quantitative estimate of drug-likeness (QED) is 0.767. The van der Waals surface area contributed by atoms with E-state index < -0.39 is 0 Å². The third-order valence-electron chi connectivity index (χ3n) is 5.22. The standard InChI is InChI=1S/C18H23ClO2/c1-12-9-14(19)10-13(2)17(12)21-16-11-15(20)18(16)7-5-3-4-6-8-18/h9-10,16H,3-8,11H2,1-2H3. The van der Waals surface area contributed by atoms with Gasteiger partial charge in [0.2, 0.25) is 0 Å². The molecule has 2 saturated carbocycles. The van der Waals surface area contributed by atoms with Crippen molar-refractivity contribution in [2.45, 2.75) is 64.9 Å². The van der Waals surface area contributed by atoms with Crippen LogP contribution in [0.4, 0.5) is 0 Å². The molecule has 1 aromatic rings. The zero-order chi connectivity index (χ0) is 15.0. The molecular weight excluding hydrogens is 284 g/mol. The summed E-state index contributed by atoms with van der Waals surface area (Å²) in [6.45, 7) is 4.04. The highest BCUT2D eigenvalue weighted by Gasteiger charge is 2.55. The average molecular weight is 307 g/mol. The molecule has 2 nitrogen and oxygen atoms in total. The Hall–Kier alpha value is -1.02. The number of hydrogen-bond donors (Lipinski definition) is 0. The summed E-state index contributed by atoms with van der Waals surface area (Å²) in [5, 5.41) is 0.742. The summed E-state index contributed by atoms with van der Waals surface area (Å²) in [4.78, 5) is 12.3. The van der Waals surface area contributed by atoms with E-state index in [9.17, 15) is 4.79 Å². The van der Waals surface area contributed by atoms with Crippen molar-refractivity contribution in [1.82, 2.24) is 0 Å². The van der Waals surface area contributed by atoms with Crippen LogP contribution in [0.3, 0.4) is 0 Å². The second kappa shape index (κ2) is 5.64. The van der Waals surface area contributed by atoms with E-state index in [1.54, 1.807) is 0 Å². The van der Waals surface area contributed by atoms with Crippen LogP contribution in [-0.2, 0) is 4.79 Å². The molecule has 1 aromatic carbocycles. The Morgan fingerprint density at radius 3 is 2.19 bits per heavy atom. The summed E-state index contributed by atoms with van der Waals surface area (Å²) < 4.78 is 6.31. The number of aryl methyl sites for hydroxylation is 2. The van der Waals surface area contributed by atoms with E-state index in [1.165, 1.54) is 12.8 Å². The van der Waals surface area contributed by atoms with Gasteiger partial charge in [-0.25, -0.2) is 0 Å². The largest absolute Gasteiger partial charge is 0.488 e. The molecule has 1 atom stereocenters. The fraction of sp³-hybridized carbons (Fsp3) is 0.611. The molecule has 0 radical (unpaired) electrons. The predicted molar refractivity (Wildman–Crippen MR) is 85.1 cm³/mol. The van der Waals surface area contributed by atoms with Crippen molar-refractivity contribution in [2.75, 3.05) is 0 Å². The van der Waals surface area contributed by atoms with E-state index in [-0.39, 0.29) is 11.5 Å². The molecule has 2 aliphatic rings. The Labute approximate surface area is 131 Å². The first-order chi connectivity index (χ1) is 10.0. The van der Waals surface area contributed by atoms with Gasteiger partial charge in [-0.3, -0.25) is 4.79 Å². The molecule has 1 unspecified atom stereocenters. The van der Waals surface area contributed by atoms with Gasteiger partial charge in [-0.05, 0) is 49.9 Å². The number of ketones is 1. The monoisotopic (exact) mass is 306 g/mol. The number of hydrogen-bond acceptors (Lipinski definition) is 2. The van der Waals surface area contributed by atoms with Crippen LogP contribution in [-0.4, -0.2) is 11.9 Å². The van der Waals surface area contributed by atoms with Crippen LogP contribution in [0.5, 0.6) is 5.75 Å². The number of carbonyl (C=O) groups excluding carboxylic acids is 1. The lowest BCUT2D eigenvalue weighted by molar-refractivity contribution is -0.154. The van der Waals surface area contributed by atoms with Crippen molar-refractivity contribution in [3.63, 3.8) is 0 Å². The van der Waals surface area contributed by atoms with Crippen molar-refractivity contribution in [3.8, 4) is 5.75 Å². The minimum Gasteiger partial charge on any atom is -0.488 e. The van der Waals surface area contributed by atoms with Gasteiger partial charge in [-0.15, -0.1) is 0 Å². The maximum Gasteiger partial charge on any atom is 0.146 e. The average Bonchev–Trinajstić information content (AvgIpc) is 2.69. The van der Waals surface area contributed by atoms with Gasteiger partial charge < -0.3 is 4.74 Å². The number of rotatable bonds is 2. The fourth-order valence-corrected chi connectivity index (χ4v) is 4.28. The third kappa shape index (κ3) is 2.59. The lowest BCUT2D eigenvalue weighted by atomic mass is 9.60. The Morgan fingerprint density at radius 2 is 1.67 bits per heavy atom. The van der Waals surface area contributed by atoms with E-state index >= 15 is 0 Å². The fourth-order valence-electron chi connectivity index (χ4n) is 3.96. The molecule has 114 valence electrons. The summed E-state index contributed by atoms with van der Waals surface area (Å²) >= 11 is 6.08. The number of halogens is 1. The van der Waals surface area contributed by atoms with Crippen molar-refractivity contribution in [1.29, 1.82) is 0 Å². The summed E-state index contributed by atoms with van der Waals surface area (Å²) in [5.41, 5.74) is 1.92. The molecule has 2 aliphatic carbocycles. The minimum atomic E-state index is -0.199. The van der Waals surface area contributed by atoms with Crippen LogP contribution in [0.2, 0.25) is 5.02 Å². The number of Topliss-reactive ketones (excluding diaryl/α,β-unsaturated/α-hetero) is 1. The van der Waals surface area contributed by atoms with E-state index in [4.69, 9.17) is 16.3 Å². The molecule has 1 spiro atoms. The van der Waals surface area contributed by atoms with Gasteiger partial charge in [-0.2, -0.15) is 0 Å². The first-order valence-corrected chi connectivity index (χ1v) is 8.37. The molecule has 0 aliphatic heterocycles. The third-order valence-corrected chi connectivity index (χ3v) is 5.44. The first kappa shape index (κ1) is 14.9. The van der Waals surface area contributed by atoms with Crippen molar-refractivity contribution >= 4 is 17.4 Å². The summed E-state index contributed by atoms with van der Waals surface area (Å²) in [5.74, 6) is 1.33. The highest BCUT2D eigenvalue weighted by Crippen LogP contribution is 2.50. The first-order valence-electron chi connectivity index (χ1n) is 8.00. The summed E-state index contributed by atoms with van der Waals surface area (Å²) in [6.07, 6.45) is 7.45. The summed E-state index contributed by atoms with van der Waals surface area (Å²) in [6, 6.07) is 3.87. The second-order valence-electron chi connectivity index (χ2n) is 6.67. The smallest absolute Gasteiger partial charge is 0.146 e. The minimum absolute atomic E-state index is 0.0571. The zero-order valence-corrected chi connectivity index (χ0v) is 13.6. The maximum absolute atomic E-state index is 12.3. The molecule has 21 heavy (non-hydrogen) atoms. The maximum atomic E-state index is 12.3. The Bertz CT molecular complexity index is 533. The number of ether oxygens (including phenoxy) is 1. The zero-order valence-electron chi connectivity index (χ0n) is 12.9. The number of benzene rings is 1. The SMILES string of the molecule is Cc1cc(Cl)cc(C)c1OC1CC(=O)C12CCCCCC2. The normalized spacial score (nSPS) is 24.5. The molecule has 2 fully saturated rings. The lowest BCUT2D eigenvalue weighted by Crippen LogP contribution is -2.56. The topological polar surface area (TPSA) is 26.3 Å². The van der Waals surface area contributed by atoms with E-state index in [0.717, 1.165) is 47.6 Å². The van der Waals surface area contributed by atoms with E-state index in [1.807, 2.05) is 26.0 Å². The molecule has 3 rings (SSSR count). The number of carbonyl (C=O) groups is 1. The van der Waals surface area contributed by atoms with Crippen LogP contribution in [0.1, 0.15) is 56.1 Å². The van der Waals surface area contributed by atoms with Crippen molar-refractivity contribution in [2.24, 2.45) is 5.41 Å². The van der Waals surface area contributed by atoms with Crippen LogP contribution < -0.4 is 4.74 Å². The molecule has 0 amide bonds. The highest BCUT2D eigenvalue weighted by molar-refractivity contribution is 6.30. The molecule has 0 heterocycles. The summed E-state index contributed by atoms with van der Waals surface area (Å²) in [7, 11) is 0. The van der Waals surface area contributed by atoms with Gasteiger partial charge >= 0.3 is 0 Å². The molecule has 0 N–H and O–H groups in total. The predicted octanol–water partition coefficient (Wildman–Crippen LogP) is 5.02. The van der Waals surface area contributed by atoms with E-state index in [2.05, 4.69) is 0 Å². The second-order valence-corrected chi connectivity index (χ2v) is 7.11. The Morgan fingerprint density at radius 1 is 1.10 bits per heavy atom. The van der Waals surface area contributed by atoms with Crippen LogP contribution >= 0.6 is 11.6 Å². The molecule has 0 aromatic heterocycles. The van der Waals surface area contributed by atoms with E-state index in [0.29, 0.717) is 12.2 Å². The van der Waals surface area contributed by atoms with Gasteiger partial charge in [0, 0.05) is 11.4 Å². The van der Waals surface area contributed by atoms with Gasteiger partial charge in [0.1, 0.15) is 17.6 Å². The molecule has 0 saturated heterocycles. The molecule has 3 heteroatoms. The van der Waals surface area contributed by atoms with Crippen LogP contribution in [0.15, 0.2) is 12.1 Å². The van der Waals surface area contributed by atoms with Gasteiger partial charge in [0.15, 0.2) is 0 Å². The van der Waals surface area contributed by atoms with Crippen molar-refractivity contribution < 1.29 is 9.53 Å². The Balaban J connectivity index is 1.83. The van der Waals surface area contributed by atoms with Gasteiger partial charge in [-0.1, -0.05) is 37.3 Å². The Kier molecular flexibility index (Phi) is 4.00. The van der Waals surface area contributed by atoms with Gasteiger partial charge in [0.05, 0.1) is 5.41 Å². The molecular formula is C18H23ClO2. The van der Waals surface area contributed by atoms with Crippen molar-refractivity contribution in [3.05, 3.63) is 28.3 Å². The molecule has 0 bridgehead atoms. The van der Waals surface area contributed by atoms with Gasteiger partial charge in [0.25, 0.3) is 0 Å². The lowest BCUT2D eigenvalue weighted by Gasteiger charge is -2.47. The highest BCUT2D eigenvalue weighted by atomic mass is 35.5. The van der Waals surface area contributed by atoms with Crippen LogP contribution in [0.25, 0.3) is 0 Å².